The number of hydrogen-bond acceptors (Lipinski definition) is 4. The summed E-state index contributed by atoms with van der Waals surface area (Å²) in [4.78, 5) is 21.1. The van der Waals surface area contributed by atoms with Gasteiger partial charge in [0.1, 0.15) is 0 Å². The first kappa shape index (κ1) is 15.5. The van der Waals surface area contributed by atoms with Crippen LogP contribution >= 0.6 is 7.94 Å². The SMILES string of the molecule is CCCC#CCCC(=O)C[PH](O)(OC)OC. The van der Waals surface area contributed by atoms with Crippen LogP contribution in [0.3, 0.4) is 0 Å². The van der Waals surface area contributed by atoms with Crippen molar-refractivity contribution in [2.75, 3.05) is 20.4 Å². The number of hydrogen-bond donors (Lipinski definition) is 1. The van der Waals surface area contributed by atoms with E-state index in [0.29, 0.717) is 12.8 Å². The van der Waals surface area contributed by atoms with Gasteiger partial charge in [0.15, 0.2) is 0 Å². The third-order valence-electron chi connectivity index (χ3n) is 2.09. The van der Waals surface area contributed by atoms with Crippen LogP contribution in [0.1, 0.15) is 32.6 Å². The molecule has 0 aromatic rings. The van der Waals surface area contributed by atoms with Gasteiger partial charge in [0.05, 0.1) is 0 Å². The summed E-state index contributed by atoms with van der Waals surface area (Å²) in [6, 6.07) is 0. The molecule has 0 saturated carbocycles. The third-order valence-corrected chi connectivity index (χ3v) is 4.20. The van der Waals surface area contributed by atoms with Crippen molar-refractivity contribution >= 4 is 13.7 Å². The van der Waals surface area contributed by atoms with Crippen LogP contribution < -0.4 is 0 Å². The molecule has 0 heterocycles. The molecule has 0 spiro atoms. The molecule has 0 saturated heterocycles. The summed E-state index contributed by atoms with van der Waals surface area (Å²) in [6.07, 6.45) is 2.74. The predicted molar refractivity (Wildman–Crippen MR) is 66.3 cm³/mol. The molecule has 0 aliphatic rings. The fourth-order valence-corrected chi connectivity index (χ4v) is 2.20. The van der Waals surface area contributed by atoms with Gasteiger partial charge in [-0.05, 0) is 0 Å². The first-order valence-corrected chi connectivity index (χ1v) is 7.35. The Bertz CT molecular complexity index is 263. The van der Waals surface area contributed by atoms with E-state index in [9.17, 15) is 9.69 Å². The molecule has 0 unspecified atom stereocenters. The summed E-state index contributed by atoms with van der Waals surface area (Å²) in [7, 11) is -0.531. The molecule has 0 atom stereocenters. The minimum absolute atomic E-state index is 0.0323. The monoisotopic (exact) mass is 248 g/mol. The quantitative estimate of drug-likeness (QED) is 0.552. The van der Waals surface area contributed by atoms with E-state index < -0.39 is 7.94 Å². The first-order valence-electron chi connectivity index (χ1n) is 5.38. The maximum absolute atomic E-state index is 11.5. The van der Waals surface area contributed by atoms with Crippen molar-refractivity contribution in [2.24, 2.45) is 0 Å². The Labute approximate surface area is 97.9 Å². The summed E-state index contributed by atoms with van der Waals surface area (Å²) >= 11 is 0. The molecule has 0 aromatic heterocycles. The van der Waals surface area contributed by atoms with E-state index in [2.05, 4.69) is 18.8 Å². The second-order valence-electron chi connectivity index (χ2n) is 3.44. The molecule has 0 fully saturated rings. The van der Waals surface area contributed by atoms with Gasteiger partial charge >= 0.3 is 97.3 Å². The average molecular weight is 248 g/mol. The molecule has 16 heavy (non-hydrogen) atoms. The van der Waals surface area contributed by atoms with Crippen LogP contribution in [0.4, 0.5) is 0 Å². The van der Waals surface area contributed by atoms with Crippen LogP contribution in [0.2, 0.25) is 0 Å². The summed E-state index contributed by atoms with van der Waals surface area (Å²) in [5.41, 5.74) is 0. The van der Waals surface area contributed by atoms with Gasteiger partial charge in [0.25, 0.3) is 0 Å². The zero-order chi connectivity index (χ0) is 12.4. The molecule has 0 amide bonds. The second kappa shape index (κ2) is 8.66. The van der Waals surface area contributed by atoms with Crippen LogP contribution in [-0.4, -0.2) is 31.1 Å². The van der Waals surface area contributed by atoms with E-state index in [1.54, 1.807) is 0 Å². The Hall–Kier alpha value is -0.460. The second-order valence-corrected chi connectivity index (χ2v) is 6.04. The Kier molecular flexibility index (Phi) is 8.42. The third kappa shape index (κ3) is 6.92. The van der Waals surface area contributed by atoms with Crippen LogP contribution in [-0.2, 0) is 13.8 Å². The molecule has 94 valence electrons. The molecule has 4 nitrogen and oxygen atoms in total. The van der Waals surface area contributed by atoms with E-state index in [1.165, 1.54) is 14.2 Å². The van der Waals surface area contributed by atoms with Crippen molar-refractivity contribution in [2.45, 2.75) is 32.6 Å². The topological polar surface area (TPSA) is 55.8 Å². The maximum atomic E-state index is 11.5. The van der Waals surface area contributed by atoms with Crippen LogP contribution in [0.5, 0.6) is 0 Å². The number of carbonyl (C=O) groups excluding carboxylic acids is 1. The standard InChI is InChI=1S/C11H21O4P/c1-4-5-6-7-8-9-11(12)10-16(13,14-2)15-3/h13,16H,4-5,8-10H2,1-3H3. The fourth-order valence-electron chi connectivity index (χ4n) is 1.07. The molecular weight excluding hydrogens is 227 g/mol. The number of carbonyl (C=O) groups is 1. The summed E-state index contributed by atoms with van der Waals surface area (Å²) in [6.45, 7) is 2.06. The van der Waals surface area contributed by atoms with Crippen LogP contribution in [0.25, 0.3) is 0 Å². The Morgan fingerprint density at radius 2 is 1.81 bits per heavy atom. The van der Waals surface area contributed by atoms with Crippen molar-refractivity contribution in [1.82, 2.24) is 0 Å². The fraction of sp³-hybridized carbons (Fsp3) is 0.727. The van der Waals surface area contributed by atoms with Gasteiger partial charge in [0.2, 0.25) is 0 Å². The van der Waals surface area contributed by atoms with Gasteiger partial charge in [-0.25, -0.2) is 0 Å². The number of rotatable bonds is 7. The summed E-state index contributed by atoms with van der Waals surface area (Å²) in [5, 5.41) is 0. The number of unbranched alkanes of at least 4 members (excludes halogenated alkanes) is 1. The molecule has 0 aliphatic carbocycles. The first-order chi connectivity index (χ1) is 7.58. The van der Waals surface area contributed by atoms with Gasteiger partial charge in [-0.2, -0.15) is 0 Å². The van der Waals surface area contributed by atoms with Crippen molar-refractivity contribution in [3.05, 3.63) is 0 Å². The van der Waals surface area contributed by atoms with Gasteiger partial charge in [-0.3, -0.25) is 0 Å². The Balaban J connectivity index is 3.87. The van der Waals surface area contributed by atoms with Gasteiger partial charge in [-0.15, -0.1) is 0 Å². The van der Waals surface area contributed by atoms with Crippen molar-refractivity contribution < 1.29 is 18.7 Å². The predicted octanol–water partition coefficient (Wildman–Crippen LogP) is 1.92. The Morgan fingerprint density at radius 1 is 1.25 bits per heavy atom. The minimum atomic E-state index is -3.23. The normalized spacial score (nSPS) is 11.8. The number of Topliss-reactive ketones (excluding diaryl/α,β-unsaturated/α-hetero) is 1. The summed E-state index contributed by atoms with van der Waals surface area (Å²) in [5.74, 6) is 5.82. The molecule has 0 radical (unpaired) electrons. The molecule has 0 bridgehead atoms. The zero-order valence-corrected chi connectivity index (χ0v) is 11.2. The molecule has 0 rings (SSSR count). The number of ketones is 1. The van der Waals surface area contributed by atoms with Crippen LogP contribution in [0.15, 0.2) is 0 Å². The van der Waals surface area contributed by atoms with E-state index in [-0.39, 0.29) is 11.9 Å². The summed E-state index contributed by atoms with van der Waals surface area (Å²) < 4.78 is 9.64. The molecule has 0 aliphatic heterocycles. The molecule has 0 aromatic carbocycles. The van der Waals surface area contributed by atoms with Gasteiger partial charge in [0, 0.05) is 0 Å². The van der Waals surface area contributed by atoms with E-state index in [4.69, 9.17) is 9.05 Å². The van der Waals surface area contributed by atoms with Gasteiger partial charge < -0.3 is 0 Å². The zero-order valence-electron chi connectivity index (χ0n) is 10.2. The average Bonchev–Trinajstić information content (AvgIpc) is 2.28. The molecular formula is C11H21O4P. The van der Waals surface area contributed by atoms with Crippen molar-refractivity contribution in [3.63, 3.8) is 0 Å². The van der Waals surface area contributed by atoms with Crippen molar-refractivity contribution in [3.8, 4) is 11.8 Å². The molecule has 1 N–H and O–H groups in total. The van der Waals surface area contributed by atoms with E-state index >= 15 is 0 Å². The Morgan fingerprint density at radius 3 is 2.31 bits per heavy atom. The van der Waals surface area contributed by atoms with E-state index in [1.807, 2.05) is 0 Å². The van der Waals surface area contributed by atoms with E-state index in [0.717, 1.165) is 12.8 Å². The van der Waals surface area contributed by atoms with Crippen molar-refractivity contribution in [1.29, 1.82) is 0 Å². The van der Waals surface area contributed by atoms with Crippen LogP contribution in [0, 0.1) is 11.8 Å². The van der Waals surface area contributed by atoms with Gasteiger partial charge in [-0.1, -0.05) is 0 Å². The molecule has 5 heteroatoms.